The van der Waals surface area contributed by atoms with E-state index in [0.717, 1.165) is 29.7 Å². The second-order valence-corrected chi connectivity index (χ2v) is 8.10. The summed E-state index contributed by atoms with van der Waals surface area (Å²) in [7, 11) is 0. The number of rotatable bonds is 5. The molecule has 7 heteroatoms. The van der Waals surface area contributed by atoms with Crippen molar-refractivity contribution in [3.05, 3.63) is 45.8 Å². The molecule has 3 rings (SSSR count). The lowest BCUT2D eigenvalue weighted by Crippen LogP contribution is -2.19. The van der Waals surface area contributed by atoms with Crippen LogP contribution in [-0.4, -0.2) is 24.4 Å². The van der Waals surface area contributed by atoms with Gasteiger partial charge in [0.1, 0.15) is 5.00 Å². The zero-order chi connectivity index (χ0) is 20.3. The summed E-state index contributed by atoms with van der Waals surface area (Å²) < 4.78 is 5.01. The summed E-state index contributed by atoms with van der Waals surface area (Å²) >= 11 is 1.48. The van der Waals surface area contributed by atoms with Gasteiger partial charge in [-0.2, -0.15) is 0 Å². The van der Waals surface area contributed by atoms with Crippen LogP contribution in [-0.2, 0) is 22.4 Å². The van der Waals surface area contributed by atoms with Crippen molar-refractivity contribution in [2.75, 3.05) is 17.2 Å². The topological polar surface area (TPSA) is 84.5 Å². The lowest BCUT2D eigenvalue weighted by molar-refractivity contribution is -0.114. The van der Waals surface area contributed by atoms with Crippen LogP contribution in [0.3, 0.4) is 0 Å². The van der Waals surface area contributed by atoms with Crippen molar-refractivity contribution in [2.24, 2.45) is 5.92 Å². The number of thiophene rings is 1. The number of esters is 1. The number of amides is 2. The van der Waals surface area contributed by atoms with Crippen molar-refractivity contribution in [2.45, 2.75) is 40.0 Å². The van der Waals surface area contributed by atoms with Gasteiger partial charge in [0.05, 0.1) is 17.7 Å². The number of ether oxygens (including phenoxy) is 1. The lowest BCUT2D eigenvalue weighted by Gasteiger charge is -2.18. The summed E-state index contributed by atoms with van der Waals surface area (Å²) in [6.45, 7) is 5.66. The van der Waals surface area contributed by atoms with Gasteiger partial charge in [-0.15, -0.1) is 11.3 Å². The normalized spacial score (nSPS) is 15.5. The van der Waals surface area contributed by atoms with E-state index in [-0.39, 0.29) is 18.4 Å². The van der Waals surface area contributed by atoms with E-state index in [1.807, 2.05) is 0 Å². The second kappa shape index (κ2) is 8.56. The predicted molar refractivity (Wildman–Crippen MR) is 110 cm³/mol. The quantitative estimate of drug-likeness (QED) is 0.735. The summed E-state index contributed by atoms with van der Waals surface area (Å²) in [6, 6.07) is 6.65. The molecule has 2 N–H and O–H groups in total. The van der Waals surface area contributed by atoms with Crippen molar-refractivity contribution < 1.29 is 19.1 Å². The molecule has 1 aliphatic rings. The molecule has 0 aliphatic heterocycles. The highest BCUT2D eigenvalue weighted by Crippen LogP contribution is 2.40. The number of carbonyl (C=O) groups excluding carboxylic acids is 3. The van der Waals surface area contributed by atoms with Crippen molar-refractivity contribution in [1.29, 1.82) is 0 Å². The number of carbonyl (C=O) groups is 3. The first-order valence-corrected chi connectivity index (χ1v) is 10.2. The monoisotopic (exact) mass is 400 g/mol. The van der Waals surface area contributed by atoms with Crippen LogP contribution in [0.1, 0.15) is 58.3 Å². The fourth-order valence-corrected chi connectivity index (χ4v) is 4.83. The van der Waals surface area contributed by atoms with E-state index in [4.69, 9.17) is 4.74 Å². The van der Waals surface area contributed by atoms with Gasteiger partial charge in [-0.1, -0.05) is 13.0 Å². The first kappa shape index (κ1) is 20.1. The molecule has 0 bridgehead atoms. The van der Waals surface area contributed by atoms with E-state index in [9.17, 15) is 14.4 Å². The first-order valence-electron chi connectivity index (χ1n) is 9.39. The van der Waals surface area contributed by atoms with Crippen LogP contribution in [0.2, 0.25) is 0 Å². The highest BCUT2D eigenvalue weighted by Gasteiger charge is 2.28. The van der Waals surface area contributed by atoms with E-state index in [1.165, 1.54) is 18.3 Å². The lowest BCUT2D eigenvalue weighted by atomic mass is 9.88. The van der Waals surface area contributed by atoms with Gasteiger partial charge in [0.25, 0.3) is 5.91 Å². The third kappa shape index (κ3) is 4.42. The number of benzene rings is 1. The smallest absolute Gasteiger partial charge is 0.338 e. The first-order chi connectivity index (χ1) is 13.4. The molecule has 0 fully saturated rings. The molecular weight excluding hydrogens is 376 g/mol. The molecule has 2 aromatic rings. The number of anilines is 2. The van der Waals surface area contributed by atoms with Crippen LogP contribution in [0.25, 0.3) is 0 Å². The van der Waals surface area contributed by atoms with Crippen LogP contribution in [0, 0.1) is 5.92 Å². The highest BCUT2D eigenvalue weighted by atomic mass is 32.1. The van der Waals surface area contributed by atoms with Crippen LogP contribution < -0.4 is 10.6 Å². The molecule has 1 aromatic carbocycles. The molecule has 6 nitrogen and oxygen atoms in total. The van der Waals surface area contributed by atoms with Gasteiger partial charge in [0.2, 0.25) is 5.91 Å². The van der Waals surface area contributed by atoms with Crippen molar-refractivity contribution in [3.8, 4) is 0 Å². The molecular formula is C21H24N2O4S. The Morgan fingerprint density at radius 3 is 2.75 bits per heavy atom. The van der Waals surface area contributed by atoms with E-state index >= 15 is 0 Å². The minimum atomic E-state index is -0.431. The maximum atomic E-state index is 13.1. The Bertz CT molecular complexity index is 919. The van der Waals surface area contributed by atoms with E-state index in [2.05, 4.69) is 17.6 Å². The zero-order valence-corrected chi connectivity index (χ0v) is 17.1. The van der Waals surface area contributed by atoms with Crippen LogP contribution in [0.15, 0.2) is 24.3 Å². The van der Waals surface area contributed by atoms with Gasteiger partial charge in [-0.25, -0.2) is 4.79 Å². The maximum absolute atomic E-state index is 13.1. The summed E-state index contributed by atoms with van der Waals surface area (Å²) in [6.07, 6.45) is 2.75. The Labute approximate surface area is 168 Å². The zero-order valence-electron chi connectivity index (χ0n) is 16.3. The molecule has 28 heavy (non-hydrogen) atoms. The average Bonchev–Trinajstić information content (AvgIpc) is 2.98. The summed E-state index contributed by atoms with van der Waals surface area (Å²) in [4.78, 5) is 37.8. The fourth-order valence-electron chi connectivity index (χ4n) is 3.37. The summed E-state index contributed by atoms with van der Waals surface area (Å²) in [5.41, 5.74) is 2.44. The predicted octanol–water partition coefficient (Wildman–Crippen LogP) is 4.26. The van der Waals surface area contributed by atoms with Crippen LogP contribution in [0.5, 0.6) is 0 Å². The number of hydrogen-bond acceptors (Lipinski definition) is 5. The third-order valence-electron chi connectivity index (χ3n) is 4.66. The van der Waals surface area contributed by atoms with Crippen LogP contribution in [0.4, 0.5) is 10.7 Å². The van der Waals surface area contributed by atoms with Gasteiger partial charge in [0, 0.05) is 17.5 Å². The number of fused-ring (bicyclic) bond motifs is 1. The molecule has 0 radical (unpaired) electrons. The number of nitrogens with one attached hydrogen (secondary N) is 2. The minimum Gasteiger partial charge on any atom is -0.462 e. The average molecular weight is 401 g/mol. The Hall–Kier alpha value is -2.67. The largest absolute Gasteiger partial charge is 0.462 e. The van der Waals surface area contributed by atoms with Gasteiger partial charge in [-0.3, -0.25) is 9.59 Å². The van der Waals surface area contributed by atoms with Crippen molar-refractivity contribution >= 4 is 39.8 Å². The highest BCUT2D eigenvalue weighted by molar-refractivity contribution is 7.17. The third-order valence-corrected chi connectivity index (χ3v) is 5.83. The fraction of sp³-hybridized carbons (Fsp3) is 0.381. The Morgan fingerprint density at radius 2 is 2.04 bits per heavy atom. The molecule has 1 heterocycles. The molecule has 1 aliphatic carbocycles. The Morgan fingerprint density at radius 1 is 1.25 bits per heavy atom. The van der Waals surface area contributed by atoms with E-state index in [1.54, 1.807) is 31.2 Å². The molecule has 1 atom stereocenters. The summed E-state index contributed by atoms with van der Waals surface area (Å²) in [5, 5.41) is 6.26. The molecule has 0 unspecified atom stereocenters. The minimum absolute atomic E-state index is 0.204. The molecule has 1 aromatic heterocycles. The van der Waals surface area contributed by atoms with Crippen LogP contribution >= 0.6 is 11.3 Å². The van der Waals surface area contributed by atoms with Gasteiger partial charge >= 0.3 is 5.97 Å². The molecule has 2 amide bonds. The second-order valence-electron chi connectivity index (χ2n) is 6.99. The number of hydrogen-bond donors (Lipinski definition) is 2. The summed E-state index contributed by atoms with van der Waals surface area (Å²) in [5.74, 6) is -0.352. The Kier molecular flexibility index (Phi) is 6.14. The maximum Gasteiger partial charge on any atom is 0.338 e. The SMILES string of the molecule is CCOC(=O)c1cccc(NC(=O)c2c(NC(C)=O)sc3c2CC[C@@H](C)C3)c1. The van der Waals surface area contributed by atoms with E-state index in [0.29, 0.717) is 27.7 Å². The standard InChI is InChI=1S/C21H24N2O4S/c1-4-27-21(26)14-6-5-7-15(11-14)23-19(25)18-16-9-8-12(2)10-17(16)28-20(18)22-13(3)24/h5-7,11-12H,4,8-10H2,1-3H3,(H,22,24)(H,23,25)/t12-/m1/s1. The molecule has 0 spiro atoms. The van der Waals surface area contributed by atoms with Gasteiger partial charge in [-0.05, 0) is 55.9 Å². The van der Waals surface area contributed by atoms with Crippen molar-refractivity contribution in [1.82, 2.24) is 0 Å². The molecule has 148 valence electrons. The Balaban J connectivity index is 1.89. The van der Waals surface area contributed by atoms with Crippen molar-refractivity contribution in [3.63, 3.8) is 0 Å². The van der Waals surface area contributed by atoms with Gasteiger partial charge in [0.15, 0.2) is 0 Å². The van der Waals surface area contributed by atoms with Gasteiger partial charge < -0.3 is 15.4 Å². The molecule has 0 saturated carbocycles. The van der Waals surface area contributed by atoms with E-state index < -0.39 is 5.97 Å². The molecule has 0 saturated heterocycles.